The van der Waals surface area contributed by atoms with E-state index in [1.54, 1.807) is 4.52 Å². The molecule has 0 unspecified atom stereocenters. The van der Waals surface area contributed by atoms with Crippen LogP contribution in [0.5, 0.6) is 0 Å². The van der Waals surface area contributed by atoms with Crippen molar-refractivity contribution >= 4 is 43.3 Å². The molecule has 3 aromatic heterocycles. The van der Waals surface area contributed by atoms with Gasteiger partial charge in [-0.25, -0.2) is 14.5 Å². The maximum atomic E-state index is 8.60. The zero-order valence-corrected chi connectivity index (χ0v) is 13.4. The fraction of sp³-hybridized carbons (Fsp3) is 0.0833. The molecule has 0 aliphatic rings. The first-order valence-electron chi connectivity index (χ1n) is 6.24. The lowest BCUT2D eigenvalue weighted by Crippen LogP contribution is -1.98. The summed E-state index contributed by atoms with van der Waals surface area (Å²) in [6.45, 7) is 0.161. The van der Waals surface area contributed by atoms with E-state index < -0.39 is 0 Å². The normalized spacial score (nSPS) is 11.1. The minimum Gasteiger partial charge on any atom is -0.317 e. The Kier molecular flexibility index (Phi) is 3.07. The lowest BCUT2D eigenvalue weighted by Gasteiger charge is -2.02. The standard InChI is InChI=1S/C12H7BrN8S/c13-11-18-21-5-8(17-12(21)22-11)10-16-7-3-1-2-4-9(7)20(10)6-15-19-14/h1-5H,6H2. The van der Waals surface area contributed by atoms with Crippen LogP contribution in [0.3, 0.4) is 0 Å². The van der Waals surface area contributed by atoms with E-state index in [1.807, 2.05) is 35.0 Å². The van der Waals surface area contributed by atoms with Gasteiger partial charge in [0.05, 0.1) is 17.2 Å². The monoisotopic (exact) mass is 374 g/mol. The maximum absolute atomic E-state index is 8.60. The summed E-state index contributed by atoms with van der Waals surface area (Å²) in [5, 5.41) is 7.93. The second-order valence-corrected chi connectivity index (χ2v) is 6.66. The Morgan fingerprint density at radius 2 is 2.18 bits per heavy atom. The van der Waals surface area contributed by atoms with Crippen LogP contribution in [0.15, 0.2) is 39.5 Å². The minimum atomic E-state index is 0.161. The summed E-state index contributed by atoms with van der Waals surface area (Å²) in [4.78, 5) is 12.7. The van der Waals surface area contributed by atoms with Gasteiger partial charge in [0.15, 0.2) is 9.74 Å². The summed E-state index contributed by atoms with van der Waals surface area (Å²) in [6.07, 6.45) is 1.81. The topological polar surface area (TPSA) is 96.8 Å². The smallest absolute Gasteiger partial charge is 0.213 e. The highest BCUT2D eigenvalue weighted by Gasteiger charge is 2.16. The second kappa shape index (κ2) is 5.09. The van der Waals surface area contributed by atoms with Crippen LogP contribution in [0.4, 0.5) is 0 Å². The molecule has 0 amide bonds. The van der Waals surface area contributed by atoms with Gasteiger partial charge in [0.2, 0.25) is 4.96 Å². The molecule has 0 saturated carbocycles. The van der Waals surface area contributed by atoms with Gasteiger partial charge in [0.1, 0.15) is 12.4 Å². The third-order valence-electron chi connectivity index (χ3n) is 3.17. The molecule has 1 aromatic carbocycles. The van der Waals surface area contributed by atoms with Gasteiger partial charge in [-0.2, -0.15) is 0 Å². The van der Waals surface area contributed by atoms with Crippen molar-refractivity contribution in [2.75, 3.05) is 0 Å². The molecule has 0 aliphatic heterocycles. The third kappa shape index (κ3) is 2.05. The number of fused-ring (bicyclic) bond motifs is 2. The predicted molar refractivity (Wildman–Crippen MR) is 86.4 cm³/mol. The highest BCUT2D eigenvalue weighted by molar-refractivity contribution is 9.11. The SMILES string of the molecule is [N-]=[N+]=NCn1c(-c2cn3nc(Br)sc3n2)nc2ccccc21. The molecule has 0 N–H and O–H groups in total. The van der Waals surface area contributed by atoms with Crippen molar-refractivity contribution < 1.29 is 0 Å². The van der Waals surface area contributed by atoms with E-state index in [4.69, 9.17) is 5.53 Å². The molecule has 22 heavy (non-hydrogen) atoms. The number of hydrogen-bond acceptors (Lipinski definition) is 5. The fourth-order valence-corrected chi connectivity index (χ4v) is 3.51. The molecule has 0 fully saturated rings. The number of azide groups is 1. The van der Waals surface area contributed by atoms with E-state index in [9.17, 15) is 0 Å². The molecule has 0 saturated heterocycles. The van der Waals surface area contributed by atoms with Crippen LogP contribution in [-0.2, 0) is 6.67 Å². The van der Waals surface area contributed by atoms with Crippen LogP contribution >= 0.6 is 27.3 Å². The van der Waals surface area contributed by atoms with Gasteiger partial charge in [-0.05, 0) is 33.6 Å². The van der Waals surface area contributed by atoms with E-state index in [-0.39, 0.29) is 6.67 Å². The highest BCUT2D eigenvalue weighted by atomic mass is 79.9. The van der Waals surface area contributed by atoms with E-state index in [0.29, 0.717) is 11.5 Å². The van der Waals surface area contributed by atoms with Crippen LogP contribution in [0.25, 0.3) is 38.0 Å². The third-order valence-corrected chi connectivity index (χ3v) is 4.53. The molecule has 3 heterocycles. The first-order valence-corrected chi connectivity index (χ1v) is 7.85. The lowest BCUT2D eigenvalue weighted by atomic mass is 10.3. The summed E-state index contributed by atoms with van der Waals surface area (Å²) in [7, 11) is 0. The van der Waals surface area contributed by atoms with Crippen molar-refractivity contribution in [3.05, 3.63) is 44.8 Å². The average molecular weight is 375 g/mol. The molecule has 8 nitrogen and oxygen atoms in total. The quantitative estimate of drug-likeness (QED) is 0.309. The van der Waals surface area contributed by atoms with Crippen LogP contribution in [-0.4, -0.2) is 24.1 Å². The predicted octanol–water partition coefficient (Wildman–Crippen LogP) is 3.84. The fourth-order valence-electron chi connectivity index (χ4n) is 2.29. The summed E-state index contributed by atoms with van der Waals surface area (Å²) in [5.74, 6) is 0.655. The van der Waals surface area contributed by atoms with Crippen molar-refractivity contribution in [1.82, 2.24) is 24.1 Å². The molecule has 0 aliphatic carbocycles. The van der Waals surface area contributed by atoms with Crippen LogP contribution in [0.1, 0.15) is 0 Å². The minimum absolute atomic E-state index is 0.161. The molecule has 0 spiro atoms. The van der Waals surface area contributed by atoms with Crippen molar-refractivity contribution in [1.29, 1.82) is 0 Å². The van der Waals surface area contributed by atoms with Crippen molar-refractivity contribution in [2.45, 2.75) is 6.67 Å². The largest absolute Gasteiger partial charge is 0.317 e. The first-order chi connectivity index (χ1) is 10.8. The Bertz CT molecular complexity index is 1010. The Morgan fingerprint density at radius 1 is 1.32 bits per heavy atom. The van der Waals surface area contributed by atoms with Gasteiger partial charge in [0.25, 0.3) is 0 Å². The summed E-state index contributed by atoms with van der Waals surface area (Å²) in [5.41, 5.74) is 11.0. The highest BCUT2D eigenvalue weighted by Crippen LogP contribution is 2.27. The van der Waals surface area contributed by atoms with Crippen LogP contribution in [0.2, 0.25) is 0 Å². The number of imidazole rings is 2. The van der Waals surface area contributed by atoms with E-state index in [0.717, 1.165) is 19.9 Å². The van der Waals surface area contributed by atoms with Gasteiger partial charge in [-0.15, -0.1) is 5.10 Å². The zero-order chi connectivity index (χ0) is 15.1. The molecule has 10 heteroatoms. The zero-order valence-electron chi connectivity index (χ0n) is 11.0. The molecule has 0 radical (unpaired) electrons. The molecule has 4 aromatic rings. The Hall–Kier alpha value is -2.42. The first kappa shape index (κ1) is 13.3. The number of benzene rings is 1. The molecule has 108 valence electrons. The van der Waals surface area contributed by atoms with Crippen LogP contribution < -0.4 is 0 Å². The molecule has 0 bridgehead atoms. The molecular weight excluding hydrogens is 368 g/mol. The van der Waals surface area contributed by atoms with Crippen molar-refractivity contribution in [2.24, 2.45) is 5.11 Å². The lowest BCUT2D eigenvalue weighted by molar-refractivity contribution is 0.755. The number of halogens is 1. The van der Waals surface area contributed by atoms with Crippen molar-refractivity contribution in [3.63, 3.8) is 0 Å². The van der Waals surface area contributed by atoms with E-state index in [2.05, 4.69) is 41.0 Å². The van der Waals surface area contributed by atoms with Gasteiger partial charge >= 0.3 is 0 Å². The Balaban J connectivity index is 1.95. The van der Waals surface area contributed by atoms with Crippen LogP contribution in [0, 0.1) is 0 Å². The van der Waals surface area contributed by atoms with E-state index >= 15 is 0 Å². The number of rotatable bonds is 3. The van der Waals surface area contributed by atoms with Crippen molar-refractivity contribution in [3.8, 4) is 11.5 Å². The number of hydrogen-bond donors (Lipinski definition) is 0. The number of para-hydroxylation sites is 2. The molecular formula is C12H7BrN8S. The van der Waals surface area contributed by atoms with Gasteiger partial charge in [-0.3, -0.25) is 0 Å². The second-order valence-electron chi connectivity index (χ2n) is 4.43. The maximum Gasteiger partial charge on any atom is 0.213 e. The average Bonchev–Trinajstić information content (AvgIpc) is 3.15. The molecule has 4 rings (SSSR count). The summed E-state index contributed by atoms with van der Waals surface area (Å²) in [6, 6.07) is 7.69. The van der Waals surface area contributed by atoms with Gasteiger partial charge < -0.3 is 4.57 Å². The molecule has 0 atom stereocenters. The Labute approximate surface area is 135 Å². The summed E-state index contributed by atoms with van der Waals surface area (Å²) >= 11 is 4.77. The Morgan fingerprint density at radius 3 is 3.00 bits per heavy atom. The van der Waals surface area contributed by atoms with Gasteiger partial charge in [-0.1, -0.05) is 28.6 Å². The summed E-state index contributed by atoms with van der Waals surface area (Å²) < 4.78 is 4.31. The van der Waals surface area contributed by atoms with E-state index in [1.165, 1.54) is 11.3 Å². The van der Waals surface area contributed by atoms with Gasteiger partial charge in [0, 0.05) is 4.91 Å². The number of aromatic nitrogens is 5. The number of nitrogens with zero attached hydrogens (tertiary/aromatic N) is 8.